The fourth-order valence-corrected chi connectivity index (χ4v) is 4.67. The molecule has 39 heavy (non-hydrogen) atoms. The second kappa shape index (κ2) is 12.6. The molecule has 3 aromatic rings. The Hall–Kier alpha value is -3.40. The normalized spacial score (nSPS) is 14.1. The van der Waals surface area contributed by atoms with Gasteiger partial charge in [-0.25, -0.2) is 9.97 Å². The van der Waals surface area contributed by atoms with E-state index in [1.54, 1.807) is 18.2 Å². The molecule has 10 heteroatoms. The third-order valence-electron chi connectivity index (χ3n) is 6.68. The summed E-state index contributed by atoms with van der Waals surface area (Å²) < 4.78 is 11.6. The number of halogens is 1. The minimum absolute atomic E-state index is 0.179. The number of methoxy groups -OCH3 is 1. The molecular formula is C29H36ClN5O4. The number of ether oxygens (including phenoxy) is 2. The van der Waals surface area contributed by atoms with E-state index in [9.17, 15) is 4.79 Å². The molecule has 1 aromatic heterocycles. The molecule has 4 rings (SSSR count). The molecule has 9 nitrogen and oxygen atoms in total. The van der Waals surface area contributed by atoms with Gasteiger partial charge in [-0.3, -0.25) is 15.1 Å². The Morgan fingerprint density at radius 3 is 2.51 bits per heavy atom. The minimum Gasteiger partial charge on any atom is -0.492 e. The van der Waals surface area contributed by atoms with Crippen LogP contribution in [0, 0.1) is 5.92 Å². The van der Waals surface area contributed by atoms with Gasteiger partial charge in [0.1, 0.15) is 17.8 Å². The molecule has 0 spiro atoms. The second-order valence-corrected chi connectivity index (χ2v) is 11.0. The summed E-state index contributed by atoms with van der Waals surface area (Å²) in [6.45, 7) is 8.32. The number of hydrogen-bond acceptors (Lipinski definition) is 8. The number of piperidine rings is 1. The fourth-order valence-electron chi connectivity index (χ4n) is 4.52. The zero-order valence-electron chi connectivity index (χ0n) is 23.1. The smallest absolute Gasteiger partial charge is 0.255 e. The molecule has 208 valence electrons. The van der Waals surface area contributed by atoms with Crippen molar-refractivity contribution in [3.05, 3.63) is 64.6 Å². The molecule has 0 radical (unpaired) electrons. The highest BCUT2D eigenvalue weighted by Crippen LogP contribution is 2.39. The summed E-state index contributed by atoms with van der Waals surface area (Å²) in [5.41, 5.74) is 6.04. The monoisotopic (exact) mass is 553 g/mol. The van der Waals surface area contributed by atoms with Crippen molar-refractivity contribution in [3.63, 3.8) is 0 Å². The Balaban J connectivity index is 1.55. The number of nitrogens with one attached hydrogen (secondary N) is 3. The number of aromatic nitrogens is 2. The SMILES string of the molecule is CONc1cc(C(C)(C)C)cc(NC(=O)c2ccc(Cl)c(Oc3cc(CC4CCNCC4)ncn3)c2)c1OC. The van der Waals surface area contributed by atoms with Crippen molar-refractivity contribution >= 4 is 28.9 Å². The van der Waals surface area contributed by atoms with Crippen LogP contribution >= 0.6 is 11.6 Å². The van der Waals surface area contributed by atoms with E-state index in [4.69, 9.17) is 25.9 Å². The fraction of sp³-hybridized carbons (Fsp3) is 0.414. The number of carbonyl (C=O) groups is 1. The quantitative estimate of drug-likeness (QED) is 0.277. The van der Waals surface area contributed by atoms with Crippen LogP contribution in [0.1, 0.15) is 55.2 Å². The minimum atomic E-state index is -0.349. The summed E-state index contributed by atoms with van der Waals surface area (Å²) in [6, 6.07) is 10.5. The molecule has 0 saturated carbocycles. The van der Waals surface area contributed by atoms with Gasteiger partial charge in [0.15, 0.2) is 5.75 Å². The highest BCUT2D eigenvalue weighted by molar-refractivity contribution is 6.32. The summed E-state index contributed by atoms with van der Waals surface area (Å²) in [5, 5.41) is 6.71. The molecule has 1 aliphatic heterocycles. The summed E-state index contributed by atoms with van der Waals surface area (Å²) in [7, 11) is 3.06. The topological polar surface area (TPSA) is 107 Å². The van der Waals surface area contributed by atoms with Crippen molar-refractivity contribution in [2.24, 2.45) is 5.92 Å². The summed E-state index contributed by atoms with van der Waals surface area (Å²) in [6.07, 6.45) is 4.60. The standard InChI is InChI=1S/C29H36ClN5O4/c1-29(2,3)20-14-23(27(37-4)24(15-20)35-38-5)34-28(36)19-6-7-22(30)25(13-19)39-26-16-21(32-17-33-26)12-18-8-10-31-11-9-18/h6-7,13-18,31,35H,8-12H2,1-5H3,(H,34,36). The number of hydrogen-bond donors (Lipinski definition) is 3. The van der Waals surface area contributed by atoms with Gasteiger partial charge < -0.3 is 20.1 Å². The Kier molecular flexibility index (Phi) is 9.27. The Labute approximate surface area is 234 Å². The van der Waals surface area contributed by atoms with Crippen molar-refractivity contribution in [1.29, 1.82) is 0 Å². The maximum atomic E-state index is 13.4. The predicted octanol–water partition coefficient (Wildman–Crippen LogP) is 6.00. The molecular weight excluding hydrogens is 518 g/mol. The van der Waals surface area contributed by atoms with E-state index < -0.39 is 0 Å². The van der Waals surface area contributed by atoms with Gasteiger partial charge in [0.2, 0.25) is 5.88 Å². The van der Waals surface area contributed by atoms with Crippen molar-refractivity contribution < 1.29 is 19.1 Å². The predicted molar refractivity (Wildman–Crippen MR) is 153 cm³/mol. The third-order valence-corrected chi connectivity index (χ3v) is 6.99. The van der Waals surface area contributed by atoms with Crippen LogP contribution in [0.3, 0.4) is 0 Å². The summed E-state index contributed by atoms with van der Waals surface area (Å²) in [5.74, 6) is 1.39. The van der Waals surface area contributed by atoms with E-state index in [2.05, 4.69) is 46.9 Å². The molecule has 1 amide bonds. The molecule has 1 saturated heterocycles. The number of amides is 1. The number of rotatable bonds is 9. The number of carbonyl (C=O) groups excluding carboxylic acids is 1. The molecule has 2 aromatic carbocycles. The molecule has 0 aliphatic carbocycles. The molecule has 0 unspecified atom stereocenters. The van der Waals surface area contributed by atoms with E-state index >= 15 is 0 Å². The van der Waals surface area contributed by atoms with E-state index in [1.807, 2.05) is 18.2 Å². The third kappa shape index (κ3) is 7.38. The average molecular weight is 554 g/mol. The molecule has 2 heterocycles. The van der Waals surface area contributed by atoms with Gasteiger partial charge in [-0.2, -0.15) is 0 Å². The van der Waals surface area contributed by atoms with E-state index in [0.29, 0.717) is 45.3 Å². The molecule has 3 N–H and O–H groups in total. The first kappa shape index (κ1) is 28.6. The first-order chi connectivity index (χ1) is 18.7. The Morgan fingerprint density at radius 1 is 1.08 bits per heavy atom. The van der Waals surface area contributed by atoms with Crippen molar-refractivity contribution in [1.82, 2.24) is 15.3 Å². The lowest BCUT2D eigenvalue weighted by molar-refractivity contribution is 0.102. The number of anilines is 2. The van der Waals surface area contributed by atoms with E-state index in [0.717, 1.165) is 43.6 Å². The Morgan fingerprint density at radius 2 is 1.82 bits per heavy atom. The van der Waals surface area contributed by atoms with Gasteiger partial charge in [-0.15, -0.1) is 0 Å². The first-order valence-electron chi connectivity index (χ1n) is 13.0. The van der Waals surface area contributed by atoms with Gasteiger partial charge in [0.25, 0.3) is 5.91 Å². The van der Waals surface area contributed by atoms with Crippen LogP contribution in [0.15, 0.2) is 42.7 Å². The molecule has 1 fully saturated rings. The van der Waals surface area contributed by atoms with Crippen LogP contribution in [-0.2, 0) is 16.7 Å². The van der Waals surface area contributed by atoms with Gasteiger partial charge in [0, 0.05) is 17.3 Å². The van der Waals surface area contributed by atoms with Crippen LogP contribution in [0.4, 0.5) is 11.4 Å². The molecule has 0 atom stereocenters. The van der Waals surface area contributed by atoms with Crippen LogP contribution in [0.2, 0.25) is 5.02 Å². The van der Waals surface area contributed by atoms with Gasteiger partial charge in [0.05, 0.1) is 24.9 Å². The Bertz CT molecular complexity index is 1310. The zero-order valence-corrected chi connectivity index (χ0v) is 23.8. The van der Waals surface area contributed by atoms with Gasteiger partial charge in [-0.05, 0) is 79.6 Å². The van der Waals surface area contributed by atoms with Crippen molar-refractivity contribution in [3.8, 4) is 17.4 Å². The van der Waals surface area contributed by atoms with Crippen LogP contribution in [0.25, 0.3) is 0 Å². The lowest BCUT2D eigenvalue weighted by Crippen LogP contribution is -2.28. The van der Waals surface area contributed by atoms with E-state index in [-0.39, 0.29) is 11.3 Å². The second-order valence-electron chi connectivity index (χ2n) is 10.6. The van der Waals surface area contributed by atoms with Crippen LogP contribution < -0.4 is 25.6 Å². The average Bonchev–Trinajstić information content (AvgIpc) is 2.90. The molecule has 1 aliphatic rings. The maximum Gasteiger partial charge on any atom is 0.255 e. The molecule has 0 bridgehead atoms. The van der Waals surface area contributed by atoms with E-state index in [1.165, 1.54) is 20.5 Å². The highest BCUT2D eigenvalue weighted by Gasteiger charge is 2.22. The highest BCUT2D eigenvalue weighted by atomic mass is 35.5. The summed E-state index contributed by atoms with van der Waals surface area (Å²) >= 11 is 6.43. The van der Waals surface area contributed by atoms with Gasteiger partial charge in [-0.1, -0.05) is 32.4 Å². The first-order valence-corrected chi connectivity index (χ1v) is 13.4. The van der Waals surface area contributed by atoms with Gasteiger partial charge >= 0.3 is 0 Å². The summed E-state index contributed by atoms with van der Waals surface area (Å²) in [4.78, 5) is 27.2. The van der Waals surface area contributed by atoms with Crippen LogP contribution in [-0.4, -0.2) is 43.2 Å². The number of benzene rings is 2. The largest absolute Gasteiger partial charge is 0.492 e. The van der Waals surface area contributed by atoms with Crippen molar-refractivity contribution in [2.75, 3.05) is 38.1 Å². The lowest BCUT2D eigenvalue weighted by Gasteiger charge is -2.23. The number of nitrogens with zero attached hydrogens (tertiary/aromatic N) is 2. The van der Waals surface area contributed by atoms with Crippen LogP contribution in [0.5, 0.6) is 17.4 Å². The maximum absolute atomic E-state index is 13.4. The lowest BCUT2D eigenvalue weighted by atomic mass is 9.86. The van der Waals surface area contributed by atoms with Crippen molar-refractivity contribution in [2.45, 2.75) is 45.4 Å². The zero-order chi connectivity index (χ0) is 28.0.